The lowest BCUT2D eigenvalue weighted by atomic mass is 10.2. The van der Waals surface area contributed by atoms with Crippen molar-refractivity contribution in [1.29, 1.82) is 0 Å². The SMILES string of the molecule is CC(C)C(=O)NCCc1nc2ccccc2n1CC(=O)N(C)Cc1ccccc1. The maximum Gasteiger partial charge on any atom is 0.242 e. The van der Waals surface area contributed by atoms with Gasteiger partial charge in [-0.1, -0.05) is 56.3 Å². The van der Waals surface area contributed by atoms with Crippen LogP contribution in [0, 0.1) is 5.92 Å². The number of rotatable bonds is 8. The van der Waals surface area contributed by atoms with Gasteiger partial charge in [0, 0.05) is 32.5 Å². The van der Waals surface area contributed by atoms with Crippen LogP contribution in [0.25, 0.3) is 11.0 Å². The van der Waals surface area contributed by atoms with Crippen molar-refractivity contribution in [3.05, 3.63) is 66.0 Å². The molecule has 0 saturated heterocycles. The lowest BCUT2D eigenvalue weighted by molar-refractivity contribution is -0.131. The Hall–Kier alpha value is -3.15. The van der Waals surface area contributed by atoms with Gasteiger partial charge in [0.2, 0.25) is 11.8 Å². The molecule has 1 N–H and O–H groups in total. The highest BCUT2D eigenvalue weighted by Gasteiger charge is 2.16. The van der Waals surface area contributed by atoms with Gasteiger partial charge >= 0.3 is 0 Å². The largest absolute Gasteiger partial charge is 0.355 e. The Morgan fingerprint density at radius 1 is 1.07 bits per heavy atom. The maximum absolute atomic E-state index is 12.9. The fourth-order valence-electron chi connectivity index (χ4n) is 3.20. The van der Waals surface area contributed by atoms with Crippen molar-refractivity contribution < 1.29 is 9.59 Å². The molecule has 6 nitrogen and oxygen atoms in total. The fourth-order valence-corrected chi connectivity index (χ4v) is 3.20. The molecule has 2 aromatic carbocycles. The zero-order valence-electron chi connectivity index (χ0n) is 17.3. The van der Waals surface area contributed by atoms with Crippen molar-refractivity contribution in [2.24, 2.45) is 5.92 Å². The van der Waals surface area contributed by atoms with Gasteiger partial charge in [-0.2, -0.15) is 0 Å². The zero-order valence-corrected chi connectivity index (χ0v) is 17.3. The van der Waals surface area contributed by atoms with E-state index in [4.69, 9.17) is 4.98 Å². The highest BCUT2D eigenvalue weighted by Crippen LogP contribution is 2.17. The van der Waals surface area contributed by atoms with E-state index in [1.165, 1.54) is 0 Å². The van der Waals surface area contributed by atoms with E-state index in [1.807, 2.05) is 80.1 Å². The van der Waals surface area contributed by atoms with Crippen LogP contribution in [0.4, 0.5) is 0 Å². The smallest absolute Gasteiger partial charge is 0.242 e. The van der Waals surface area contributed by atoms with Gasteiger partial charge < -0.3 is 14.8 Å². The molecule has 3 rings (SSSR count). The first-order chi connectivity index (χ1) is 14.0. The summed E-state index contributed by atoms with van der Waals surface area (Å²) in [5.41, 5.74) is 2.88. The van der Waals surface area contributed by atoms with Gasteiger partial charge in [-0.25, -0.2) is 4.98 Å². The molecule has 1 heterocycles. The molecular formula is C23H28N4O2. The highest BCUT2D eigenvalue weighted by atomic mass is 16.2. The average Bonchev–Trinajstić information content (AvgIpc) is 3.06. The van der Waals surface area contributed by atoms with Crippen molar-refractivity contribution in [3.63, 3.8) is 0 Å². The van der Waals surface area contributed by atoms with E-state index in [-0.39, 0.29) is 24.3 Å². The number of carbonyl (C=O) groups excluding carboxylic acids is 2. The van der Waals surface area contributed by atoms with Gasteiger partial charge in [0.15, 0.2) is 0 Å². The fraction of sp³-hybridized carbons (Fsp3) is 0.348. The Labute approximate surface area is 171 Å². The van der Waals surface area contributed by atoms with E-state index in [0.717, 1.165) is 22.4 Å². The van der Waals surface area contributed by atoms with Crippen LogP contribution in [0.3, 0.4) is 0 Å². The third kappa shape index (κ3) is 5.22. The Kier molecular flexibility index (Phi) is 6.65. The van der Waals surface area contributed by atoms with Crippen LogP contribution < -0.4 is 5.32 Å². The van der Waals surface area contributed by atoms with E-state index >= 15 is 0 Å². The van der Waals surface area contributed by atoms with Crippen molar-refractivity contribution in [2.45, 2.75) is 33.4 Å². The first kappa shape index (κ1) is 20.6. The molecular weight excluding hydrogens is 364 g/mol. The molecule has 3 aromatic rings. The predicted molar refractivity (Wildman–Crippen MR) is 114 cm³/mol. The molecule has 0 aliphatic carbocycles. The summed E-state index contributed by atoms with van der Waals surface area (Å²) < 4.78 is 1.96. The quantitative estimate of drug-likeness (QED) is 0.641. The minimum atomic E-state index is -0.0537. The van der Waals surface area contributed by atoms with E-state index in [0.29, 0.717) is 19.5 Å². The number of imidazole rings is 1. The van der Waals surface area contributed by atoms with Crippen molar-refractivity contribution in [2.75, 3.05) is 13.6 Å². The third-order valence-corrected chi connectivity index (χ3v) is 4.89. The van der Waals surface area contributed by atoms with Crippen molar-refractivity contribution in [1.82, 2.24) is 19.8 Å². The molecule has 0 spiro atoms. The first-order valence-corrected chi connectivity index (χ1v) is 9.95. The standard InChI is InChI=1S/C23H28N4O2/c1-17(2)23(29)24-14-13-21-25-19-11-7-8-12-20(19)27(21)16-22(28)26(3)15-18-9-5-4-6-10-18/h4-12,17H,13-16H2,1-3H3,(H,24,29). The maximum atomic E-state index is 12.9. The molecule has 0 fully saturated rings. The number of para-hydroxylation sites is 2. The predicted octanol–water partition coefficient (Wildman–Crippen LogP) is 3.01. The number of likely N-dealkylation sites (N-methyl/N-ethyl adjacent to an activating group) is 1. The van der Waals surface area contributed by atoms with Crippen molar-refractivity contribution in [3.8, 4) is 0 Å². The number of aromatic nitrogens is 2. The molecule has 0 saturated carbocycles. The Morgan fingerprint density at radius 2 is 1.76 bits per heavy atom. The van der Waals surface area contributed by atoms with Gasteiger partial charge in [0.1, 0.15) is 12.4 Å². The van der Waals surface area contributed by atoms with Crippen LogP contribution in [0.2, 0.25) is 0 Å². The van der Waals surface area contributed by atoms with Crippen LogP contribution in [0.15, 0.2) is 54.6 Å². The third-order valence-electron chi connectivity index (χ3n) is 4.89. The molecule has 0 radical (unpaired) electrons. The van der Waals surface area contributed by atoms with Gasteiger partial charge in [-0.3, -0.25) is 9.59 Å². The van der Waals surface area contributed by atoms with E-state index in [1.54, 1.807) is 4.90 Å². The summed E-state index contributed by atoms with van der Waals surface area (Å²) in [4.78, 5) is 31.1. The van der Waals surface area contributed by atoms with Gasteiger partial charge in [0.25, 0.3) is 0 Å². The van der Waals surface area contributed by atoms with E-state index < -0.39 is 0 Å². The second-order valence-electron chi connectivity index (χ2n) is 7.53. The minimum absolute atomic E-state index is 0.0180. The molecule has 0 aliphatic rings. The van der Waals surface area contributed by atoms with Crippen LogP contribution in [-0.4, -0.2) is 39.9 Å². The van der Waals surface area contributed by atoms with Crippen LogP contribution in [-0.2, 0) is 29.1 Å². The van der Waals surface area contributed by atoms with Crippen LogP contribution >= 0.6 is 0 Å². The number of nitrogens with one attached hydrogen (secondary N) is 1. The second kappa shape index (κ2) is 9.37. The summed E-state index contributed by atoms with van der Waals surface area (Å²) in [7, 11) is 1.82. The normalized spacial score (nSPS) is 11.0. The summed E-state index contributed by atoms with van der Waals surface area (Å²) in [6.45, 7) is 5.01. The van der Waals surface area contributed by atoms with E-state index in [2.05, 4.69) is 5.32 Å². The summed E-state index contributed by atoms with van der Waals surface area (Å²) in [6, 6.07) is 17.7. The zero-order chi connectivity index (χ0) is 20.8. The van der Waals surface area contributed by atoms with Crippen LogP contribution in [0.1, 0.15) is 25.2 Å². The number of fused-ring (bicyclic) bond motifs is 1. The summed E-state index contributed by atoms with van der Waals surface area (Å²) in [6.07, 6.45) is 0.572. The molecule has 0 unspecified atom stereocenters. The van der Waals surface area contributed by atoms with Crippen LogP contribution in [0.5, 0.6) is 0 Å². The molecule has 2 amide bonds. The Bertz CT molecular complexity index is 979. The number of carbonyl (C=O) groups is 2. The lowest BCUT2D eigenvalue weighted by Crippen LogP contribution is -2.32. The molecule has 1 aromatic heterocycles. The molecule has 0 bridgehead atoms. The monoisotopic (exact) mass is 392 g/mol. The Balaban J connectivity index is 1.74. The van der Waals surface area contributed by atoms with Gasteiger partial charge in [-0.05, 0) is 17.7 Å². The second-order valence-corrected chi connectivity index (χ2v) is 7.53. The first-order valence-electron chi connectivity index (χ1n) is 9.95. The Morgan fingerprint density at radius 3 is 2.48 bits per heavy atom. The summed E-state index contributed by atoms with van der Waals surface area (Å²) in [5, 5.41) is 2.92. The molecule has 29 heavy (non-hydrogen) atoms. The summed E-state index contributed by atoms with van der Waals surface area (Å²) in [5.74, 6) is 0.787. The number of amides is 2. The number of hydrogen-bond donors (Lipinski definition) is 1. The molecule has 6 heteroatoms. The van der Waals surface area contributed by atoms with Gasteiger partial charge in [0.05, 0.1) is 11.0 Å². The minimum Gasteiger partial charge on any atom is -0.355 e. The molecule has 0 aliphatic heterocycles. The van der Waals surface area contributed by atoms with Crippen molar-refractivity contribution >= 4 is 22.8 Å². The average molecular weight is 393 g/mol. The molecule has 152 valence electrons. The summed E-state index contributed by atoms with van der Waals surface area (Å²) >= 11 is 0. The number of benzene rings is 2. The van der Waals surface area contributed by atoms with Gasteiger partial charge in [-0.15, -0.1) is 0 Å². The number of nitrogens with zero attached hydrogens (tertiary/aromatic N) is 3. The molecule has 0 atom stereocenters. The number of hydrogen-bond acceptors (Lipinski definition) is 3. The van der Waals surface area contributed by atoms with E-state index in [9.17, 15) is 9.59 Å². The highest BCUT2D eigenvalue weighted by molar-refractivity contribution is 5.81. The lowest BCUT2D eigenvalue weighted by Gasteiger charge is -2.19. The topological polar surface area (TPSA) is 67.2 Å².